The number of nitrogens with zero attached hydrogens (tertiary/aromatic N) is 2. The van der Waals surface area contributed by atoms with Gasteiger partial charge < -0.3 is 15.6 Å². The largest absolute Gasteiger partial charge is 0.399 e. The molecule has 0 saturated carbocycles. The molecule has 10 heteroatoms. The molecule has 0 amide bonds. The zero-order valence-electron chi connectivity index (χ0n) is 11.0. The molecule has 1 aliphatic rings. The van der Waals surface area contributed by atoms with E-state index < -0.39 is 31.6 Å². The van der Waals surface area contributed by atoms with Crippen molar-refractivity contribution in [3.8, 4) is 0 Å². The minimum absolute atomic E-state index is 0.0603. The normalized spacial score (nSPS) is 20.3. The Morgan fingerprint density at radius 1 is 1.52 bits per heavy atom. The van der Waals surface area contributed by atoms with Crippen LogP contribution >= 0.6 is 0 Å². The van der Waals surface area contributed by atoms with Crippen LogP contribution in [0.15, 0.2) is 23.1 Å². The van der Waals surface area contributed by atoms with Gasteiger partial charge in [0.1, 0.15) is 0 Å². The standard InChI is InChI=1S/C11H15N3O6S/c12-8-1-2-10(14(16)17)11(5-8)21(18,19)13-3-4-20-9(6-13)7-15/h1-2,5,9,15H,3-4,6-7,12H2. The summed E-state index contributed by atoms with van der Waals surface area (Å²) >= 11 is 0. The van der Waals surface area contributed by atoms with Crippen LogP contribution in [0.5, 0.6) is 0 Å². The van der Waals surface area contributed by atoms with Crippen molar-refractivity contribution >= 4 is 21.4 Å². The van der Waals surface area contributed by atoms with E-state index in [0.29, 0.717) is 0 Å². The molecule has 2 rings (SSSR count). The van der Waals surface area contributed by atoms with Gasteiger partial charge in [-0.05, 0) is 12.1 Å². The number of hydrogen-bond acceptors (Lipinski definition) is 7. The van der Waals surface area contributed by atoms with Crippen LogP contribution in [-0.2, 0) is 14.8 Å². The number of sulfonamides is 1. The van der Waals surface area contributed by atoms with Crippen molar-refractivity contribution in [1.82, 2.24) is 4.31 Å². The molecule has 0 aliphatic carbocycles. The highest BCUT2D eigenvalue weighted by atomic mass is 32.2. The molecule has 0 spiro atoms. The lowest BCUT2D eigenvalue weighted by Crippen LogP contribution is -2.46. The molecule has 0 radical (unpaired) electrons. The molecule has 0 bridgehead atoms. The van der Waals surface area contributed by atoms with Crippen molar-refractivity contribution in [2.75, 3.05) is 32.0 Å². The number of aliphatic hydroxyl groups is 1. The molecule has 1 aliphatic heterocycles. The van der Waals surface area contributed by atoms with Gasteiger partial charge in [0.2, 0.25) is 10.0 Å². The molecule has 1 saturated heterocycles. The topological polar surface area (TPSA) is 136 Å². The van der Waals surface area contributed by atoms with Gasteiger partial charge in [-0.2, -0.15) is 4.31 Å². The number of nitrogen functional groups attached to an aromatic ring is 1. The zero-order chi connectivity index (χ0) is 15.6. The maximum atomic E-state index is 12.6. The number of morpholine rings is 1. The Labute approximate surface area is 121 Å². The summed E-state index contributed by atoms with van der Waals surface area (Å²) in [5.74, 6) is 0. The summed E-state index contributed by atoms with van der Waals surface area (Å²) in [6.07, 6.45) is -0.645. The second-order valence-electron chi connectivity index (χ2n) is 4.52. The fraction of sp³-hybridized carbons (Fsp3) is 0.455. The van der Waals surface area contributed by atoms with E-state index >= 15 is 0 Å². The summed E-state index contributed by atoms with van der Waals surface area (Å²) in [7, 11) is -4.08. The average molecular weight is 317 g/mol. The van der Waals surface area contributed by atoms with Gasteiger partial charge in [-0.3, -0.25) is 10.1 Å². The summed E-state index contributed by atoms with van der Waals surface area (Å²) in [6, 6.07) is 3.40. The minimum atomic E-state index is -4.08. The number of anilines is 1. The van der Waals surface area contributed by atoms with E-state index in [9.17, 15) is 18.5 Å². The van der Waals surface area contributed by atoms with Crippen LogP contribution in [0.25, 0.3) is 0 Å². The first-order valence-electron chi connectivity index (χ1n) is 6.13. The Morgan fingerprint density at radius 3 is 2.86 bits per heavy atom. The van der Waals surface area contributed by atoms with Crippen LogP contribution in [0, 0.1) is 10.1 Å². The molecular weight excluding hydrogens is 302 g/mol. The van der Waals surface area contributed by atoms with Gasteiger partial charge in [-0.1, -0.05) is 0 Å². The van der Waals surface area contributed by atoms with Crippen molar-refractivity contribution < 1.29 is 23.2 Å². The van der Waals surface area contributed by atoms with Gasteiger partial charge in [0, 0.05) is 24.8 Å². The first-order valence-corrected chi connectivity index (χ1v) is 7.57. The third-order valence-electron chi connectivity index (χ3n) is 3.10. The summed E-state index contributed by atoms with van der Waals surface area (Å²) in [5.41, 5.74) is 5.12. The molecular formula is C11H15N3O6S. The van der Waals surface area contributed by atoms with Crippen molar-refractivity contribution in [2.24, 2.45) is 0 Å². The highest BCUT2D eigenvalue weighted by molar-refractivity contribution is 7.89. The van der Waals surface area contributed by atoms with Gasteiger partial charge in [0.05, 0.1) is 24.2 Å². The summed E-state index contributed by atoms with van der Waals surface area (Å²) in [5, 5.41) is 20.1. The minimum Gasteiger partial charge on any atom is -0.399 e. The lowest BCUT2D eigenvalue weighted by molar-refractivity contribution is -0.387. The van der Waals surface area contributed by atoms with Crippen LogP contribution in [0.4, 0.5) is 11.4 Å². The SMILES string of the molecule is Nc1ccc([N+](=O)[O-])c(S(=O)(=O)N2CCOC(CO)C2)c1. The predicted octanol–water partition coefficient (Wildman–Crippen LogP) is -0.441. The van der Waals surface area contributed by atoms with E-state index in [1.165, 1.54) is 6.07 Å². The zero-order valence-corrected chi connectivity index (χ0v) is 11.8. The smallest absolute Gasteiger partial charge is 0.289 e. The first-order chi connectivity index (χ1) is 9.86. The second-order valence-corrected chi connectivity index (χ2v) is 6.43. The van der Waals surface area contributed by atoms with Crippen molar-refractivity contribution in [3.05, 3.63) is 28.3 Å². The Hall–Kier alpha value is -1.75. The van der Waals surface area contributed by atoms with Gasteiger partial charge in [-0.15, -0.1) is 0 Å². The number of nitrogens with two attached hydrogens (primary N) is 1. The van der Waals surface area contributed by atoms with E-state index in [1.807, 2.05) is 0 Å². The van der Waals surface area contributed by atoms with Gasteiger partial charge in [-0.25, -0.2) is 8.42 Å². The number of hydrogen-bond donors (Lipinski definition) is 2. The van der Waals surface area contributed by atoms with Gasteiger partial charge in [0.25, 0.3) is 5.69 Å². The third kappa shape index (κ3) is 3.13. The van der Waals surface area contributed by atoms with E-state index in [4.69, 9.17) is 15.6 Å². The fourth-order valence-corrected chi connectivity index (χ4v) is 3.70. The average Bonchev–Trinajstić information content (AvgIpc) is 2.46. The molecule has 116 valence electrons. The van der Waals surface area contributed by atoms with Gasteiger partial charge in [0.15, 0.2) is 4.90 Å². The maximum absolute atomic E-state index is 12.6. The predicted molar refractivity (Wildman–Crippen MR) is 73.1 cm³/mol. The molecule has 1 atom stereocenters. The number of aliphatic hydroxyl groups excluding tert-OH is 1. The van der Waals surface area contributed by atoms with Crippen LogP contribution in [-0.4, -0.2) is 55.2 Å². The van der Waals surface area contributed by atoms with Crippen molar-refractivity contribution in [2.45, 2.75) is 11.0 Å². The Morgan fingerprint density at radius 2 is 2.24 bits per heavy atom. The Kier molecular flexibility index (Phi) is 4.42. The van der Waals surface area contributed by atoms with Crippen molar-refractivity contribution in [3.63, 3.8) is 0 Å². The molecule has 0 aromatic heterocycles. The molecule has 1 fully saturated rings. The summed E-state index contributed by atoms with van der Waals surface area (Å²) < 4.78 is 31.3. The highest BCUT2D eigenvalue weighted by Gasteiger charge is 2.35. The lowest BCUT2D eigenvalue weighted by Gasteiger charge is -2.31. The second kappa shape index (κ2) is 5.93. The lowest BCUT2D eigenvalue weighted by atomic mass is 10.3. The molecule has 9 nitrogen and oxygen atoms in total. The van der Waals surface area contributed by atoms with Crippen LogP contribution in [0.3, 0.4) is 0 Å². The number of benzene rings is 1. The number of ether oxygens (including phenoxy) is 1. The summed E-state index contributed by atoms with van der Waals surface area (Å²) in [4.78, 5) is 9.78. The molecule has 21 heavy (non-hydrogen) atoms. The molecule has 3 N–H and O–H groups in total. The maximum Gasteiger partial charge on any atom is 0.289 e. The van der Waals surface area contributed by atoms with Crippen LogP contribution in [0.1, 0.15) is 0 Å². The monoisotopic (exact) mass is 317 g/mol. The summed E-state index contributed by atoms with van der Waals surface area (Å²) in [6.45, 7) is -0.221. The van der Waals surface area contributed by atoms with Crippen LogP contribution in [0.2, 0.25) is 0 Å². The van der Waals surface area contributed by atoms with E-state index in [1.54, 1.807) is 0 Å². The number of nitro benzene ring substituents is 1. The van der Waals surface area contributed by atoms with Crippen molar-refractivity contribution in [1.29, 1.82) is 0 Å². The molecule has 1 heterocycles. The molecule has 1 aromatic rings. The molecule has 1 aromatic carbocycles. The highest BCUT2D eigenvalue weighted by Crippen LogP contribution is 2.29. The van der Waals surface area contributed by atoms with Crippen LogP contribution < -0.4 is 5.73 Å². The molecule has 1 unspecified atom stereocenters. The number of rotatable bonds is 4. The Balaban J connectivity index is 2.44. The van der Waals surface area contributed by atoms with E-state index in [2.05, 4.69) is 0 Å². The Bertz CT molecular complexity index is 647. The third-order valence-corrected chi connectivity index (χ3v) is 5.00. The van der Waals surface area contributed by atoms with Gasteiger partial charge >= 0.3 is 0 Å². The van der Waals surface area contributed by atoms with E-state index in [-0.39, 0.29) is 32.0 Å². The first kappa shape index (κ1) is 15.6. The fourth-order valence-electron chi connectivity index (χ4n) is 2.05. The quantitative estimate of drug-likeness (QED) is 0.436. The number of nitro groups is 1. The van der Waals surface area contributed by atoms with E-state index in [0.717, 1.165) is 16.4 Å².